The molecule has 4 aliphatic rings. The number of rotatable bonds is 1. The molecule has 0 radical (unpaired) electrons. The van der Waals surface area contributed by atoms with Crippen LogP contribution in [0.25, 0.3) is 0 Å². The molecule has 1 N–H and O–H groups in total. The third-order valence-corrected chi connectivity index (χ3v) is 6.51. The largest absolute Gasteiger partial charge is 0.326 e. The van der Waals surface area contributed by atoms with Crippen molar-refractivity contribution < 1.29 is 4.79 Å². The standard InChI is InChI=1S/C19H20N2O/c1-2-18-8-5-10-21-11-9-19(17(18)21)13-6-3-4-7-15(13)20-16(22)14(19)12-18/h2-8,14,17H,1,9-12H2,(H,20,22)/t14-,17+,18+,19+/m0/s1. The number of carbonyl (C=O) groups excluding carboxylic acids is 1. The summed E-state index contributed by atoms with van der Waals surface area (Å²) in [6, 6.07) is 8.77. The second-order valence-corrected chi connectivity index (χ2v) is 7.20. The molecule has 0 unspecified atom stereocenters. The first-order chi connectivity index (χ1) is 10.7. The van der Waals surface area contributed by atoms with Crippen molar-refractivity contribution in [1.29, 1.82) is 0 Å². The van der Waals surface area contributed by atoms with Crippen molar-refractivity contribution in [3.8, 4) is 0 Å². The molecule has 1 aliphatic carbocycles. The van der Waals surface area contributed by atoms with Crippen molar-refractivity contribution >= 4 is 11.6 Å². The molecule has 4 atom stereocenters. The highest BCUT2D eigenvalue weighted by Crippen LogP contribution is 2.65. The number of nitrogens with zero attached hydrogens (tertiary/aromatic N) is 1. The van der Waals surface area contributed by atoms with Crippen molar-refractivity contribution in [1.82, 2.24) is 4.90 Å². The molecule has 1 saturated heterocycles. The summed E-state index contributed by atoms with van der Waals surface area (Å²) in [6.45, 7) is 6.21. The normalized spacial score (nSPS) is 41.5. The molecule has 1 amide bonds. The molecular formula is C19H20N2O. The fourth-order valence-electron chi connectivity index (χ4n) is 5.79. The van der Waals surface area contributed by atoms with Gasteiger partial charge in [0.25, 0.3) is 0 Å². The number of hydrogen-bond acceptors (Lipinski definition) is 2. The van der Waals surface area contributed by atoms with Gasteiger partial charge >= 0.3 is 0 Å². The molecular weight excluding hydrogens is 272 g/mol. The summed E-state index contributed by atoms with van der Waals surface area (Å²) in [5, 5.41) is 3.14. The number of amides is 1. The molecule has 5 rings (SSSR count). The molecule has 112 valence electrons. The van der Waals surface area contributed by atoms with E-state index in [-0.39, 0.29) is 22.7 Å². The zero-order valence-electron chi connectivity index (χ0n) is 12.6. The van der Waals surface area contributed by atoms with Gasteiger partial charge in [0.05, 0.1) is 5.92 Å². The monoisotopic (exact) mass is 292 g/mol. The van der Waals surface area contributed by atoms with Crippen molar-refractivity contribution in [2.24, 2.45) is 11.3 Å². The van der Waals surface area contributed by atoms with Crippen LogP contribution < -0.4 is 5.32 Å². The van der Waals surface area contributed by atoms with E-state index in [1.807, 2.05) is 12.1 Å². The molecule has 1 aromatic rings. The highest BCUT2D eigenvalue weighted by Gasteiger charge is 2.69. The summed E-state index contributed by atoms with van der Waals surface area (Å²) in [5.41, 5.74) is 2.25. The second kappa shape index (κ2) is 3.90. The summed E-state index contributed by atoms with van der Waals surface area (Å²) in [7, 11) is 0. The van der Waals surface area contributed by atoms with E-state index in [4.69, 9.17) is 0 Å². The minimum Gasteiger partial charge on any atom is -0.326 e. The first-order valence-electron chi connectivity index (χ1n) is 8.17. The van der Waals surface area contributed by atoms with Gasteiger partial charge in [0.1, 0.15) is 0 Å². The zero-order valence-corrected chi connectivity index (χ0v) is 12.6. The Kier molecular flexibility index (Phi) is 2.25. The number of fused-ring (bicyclic) bond motifs is 1. The summed E-state index contributed by atoms with van der Waals surface area (Å²) in [4.78, 5) is 15.4. The van der Waals surface area contributed by atoms with Crippen LogP contribution in [0.4, 0.5) is 5.69 Å². The SMILES string of the molecule is C=C[C@@]12C=CCN3CC[C@]4(c5ccccc5NC(=O)[C@@H]4C1)[C@H]32. The number of nitrogens with one attached hydrogen (secondary N) is 1. The van der Waals surface area contributed by atoms with Gasteiger partial charge < -0.3 is 5.32 Å². The van der Waals surface area contributed by atoms with E-state index < -0.39 is 0 Å². The highest BCUT2D eigenvalue weighted by molar-refractivity contribution is 5.98. The van der Waals surface area contributed by atoms with Crippen LogP contribution in [-0.4, -0.2) is 29.9 Å². The summed E-state index contributed by atoms with van der Waals surface area (Å²) >= 11 is 0. The number of carbonyl (C=O) groups is 1. The van der Waals surface area contributed by atoms with Crippen LogP contribution >= 0.6 is 0 Å². The average molecular weight is 292 g/mol. The maximum atomic E-state index is 12.8. The van der Waals surface area contributed by atoms with E-state index in [2.05, 4.69) is 47.2 Å². The average Bonchev–Trinajstić information content (AvgIpc) is 3.08. The Hall–Kier alpha value is -1.87. The Morgan fingerprint density at radius 2 is 2.23 bits per heavy atom. The van der Waals surface area contributed by atoms with Crippen LogP contribution in [0.5, 0.6) is 0 Å². The lowest BCUT2D eigenvalue weighted by molar-refractivity contribution is -0.122. The maximum Gasteiger partial charge on any atom is 0.228 e. The molecule has 2 fully saturated rings. The molecule has 3 heteroatoms. The van der Waals surface area contributed by atoms with E-state index in [0.29, 0.717) is 6.04 Å². The van der Waals surface area contributed by atoms with E-state index in [1.165, 1.54) is 5.56 Å². The fourth-order valence-corrected chi connectivity index (χ4v) is 5.79. The molecule has 3 heterocycles. The van der Waals surface area contributed by atoms with Crippen molar-refractivity contribution in [2.75, 3.05) is 18.4 Å². The van der Waals surface area contributed by atoms with Gasteiger partial charge in [0.15, 0.2) is 0 Å². The van der Waals surface area contributed by atoms with E-state index in [0.717, 1.165) is 31.6 Å². The van der Waals surface area contributed by atoms with E-state index in [9.17, 15) is 4.79 Å². The molecule has 3 aliphatic heterocycles. The molecule has 0 bridgehead atoms. The van der Waals surface area contributed by atoms with Crippen LogP contribution in [0, 0.1) is 11.3 Å². The molecule has 1 spiro atoms. The van der Waals surface area contributed by atoms with Crippen LogP contribution in [0.1, 0.15) is 18.4 Å². The van der Waals surface area contributed by atoms with Gasteiger partial charge in [-0.15, -0.1) is 6.58 Å². The Morgan fingerprint density at radius 3 is 3.09 bits per heavy atom. The van der Waals surface area contributed by atoms with Crippen molar-refractivity contribution in [3.63, 3.8) is 0 Å². The van der Waals surface area contributed by atoms with Crippen LogP contribution in [-0.2, 0) is 10.2 Å². The van der Waals surface area contributed by atoms with Gasteiger partial charge in [-0.3, -0.25) is 9.69 Å². The lowest BCUT2D eigenvalue weighted by atomic mass is 9.65. The Morgan fingerprint density at radius 1 is 1.36 bits per heavy atom. The van der Waals surface area contributed by atoms with Gasteiger partial charge in [-0.05, 0) is 31.0 Å². The van der Waals surface area contributed by atoms with Gasteiger partial charge in [-0.25, -0.2) is 0 Å². The maximum absolute atomic E-state index is 12.8. The third-order valence-electron chi connectivity index (χ3n) is 6.51. The molecule has 3 nitrogen and oxygen atoms in total. The Balaban J connectivity index is 1.82. The first kappa shape index (κ1) is 12.7. The van der Waals surface area contributed by atoms with E-state index >= 15 is 0 Å². The molecule has 22 heavy (non-hydrogen) atoms. The Bertz CT molecular complexity index is 724. The minimum absolute atomic E-state index is 0.0438. The van der Waals surface area contributed by atoms with E-state index in [1.54, 1.807) is 0 Å². The zero-order chi connectivity index (χ0) is 14.9. The third kappa shape index (κ3) is 1.22. The number of para-hydroxylation sites is 1. The second-order valence-electron chi connectivity index (χ2n) is 7.20. The van der Waals surface area contributed by atoms with Crippen LogP contribution in [0.2, 0.25) is 0 Å². The van der Waals surface area contributed by atoms with Crippen molar-refractivity contribution in [2.45, 2.75) is 24.3 Å². The fraction of sp³-hybridized carbons (Fsp3) is 0.421. The van der Waals surface area contributed by atoms with Gasteiger partial charge in [0, 0.05) is 29.1 Å². The molecule has 1 aromatic carbocycles. The first-order valence-corrected chi connectivity index (χ1v) is 8.17. The topological polar surface area (TPSA) is 32.3 Å². The predicted octanol–water partition coefficient (Wildman–Crippen LogP) is 2.71. The number of benzene rings is 1. The number of anilines is 1. The van der Waals surface area contributed by atoms with Gasteiger partial charge in [-0.1, -0.05) is 36.4 Å². The quantitative estimate of drug-likeness (QED) is 0.807. The summed E-state index contributed by atoms with van der Waals surface area (Å²) < 4.78 is 0. The minimum atomic E-state index is -0.0613. The van der Waals surface area contributed by atoms with Crippen molar-refractivity contribution in [3.05, 3.63) is 54.6 Å². The van der Waals surface area contributed by atoms with Crippen LogP contribution in [0.15, 0.2) is 49.1 Å². The summed E-state index contributed by atoms with van der Waals surface area (Å²) in [6.07, 6.45) is 8.64. The Labute approximate surface area is 130 Å². The highest BCUT2D eigenvalue weighted by atomic mass is 16.2. The lowest BCUT2D eigenvalue weighted by Gasteiger charge is -2.45. The molecule has 1 saturated carbocycles. The predicted molar refractivity (Wildman–Crippen MR) is 86.6 cm³/mol. The number of hydrogen-bond donors (Lipinski definition) is 1. The van der Waals surface area contributed by atoms with Gasteiger partial charge in [-0.2, -0.15) is 0 Å². The smallest absolute Gasteiger partial charge is 0.228 e. The lowest BCUT2D eigenvalue weighted by Crippen LogP contribution is -2.52. The van der Waals surface area contributed by atoms with Gasteiger partial charge in [0.2, 0.25) is 5.91 Å². The molecule has 0 aromatic heterocycles. The summed E-state index contributed by atoms with van der Waals surface area (Å²) in [5.74, 6) is 0.253. The van der Waals surface area contributed by atoms with Crippen LogP contribution in [0.3, 0.4) is 0 Å².